The molecule has 0 fully saturated rings. The summed E-state index contributed by atoms with van der Waals surface area (Å²) in [6.07, 6.45) is 2.79. The number of para-hydroxylation sites is 1. The summed E-state index contributed by atoms with van der Waals surface area (Å²) in [4.78, 5) is 23.7. The Morgan fingerprint density at radius 3 is 3.00 bits per heavy atom. The van der Waals surface area contributed by atoms with Gasteiger partial charge in [-0.3, -0.25) is 9.59 Å². The molecule has 0 spiro atoms. The van der Waals surface area contributed by atoms with E-state index in [1.165, 1.54) is 0 Å². The maximum atomic E-state index is 12.1. The molecular weight excluding hydrogens is 308 g/mol. The number of aromatic nitrogens is 2. The van der Waals surface area contributed by atoms with Crippen LogP contribution in [-0.2, 0) is 16.0 Å². The van der Waals surface area contributed by atoms with E-state index in [1.807, 2.05) is 26.0 Å². The zero-order valence-corrected chi connectivity index (χ0v) is 13.7. The molecule has 0 aliphatic carbocycles. The number of anilines is 2. The number of rotatable bonds is 5. The van der Waals surface area contributed by atoms with Crippen molar-refractivity contribution in [1.82, 2.24) is 9.78 Å². The van der Waals surface area contributed by atoms with E-state index >= 15 is 0 Å². The van der Waals surface area contributed by atoms with Crippen molar-refractivity contribution in [2.75, 3.05) is 17.2 Å². The van der Waals surface area contributed by atoms with E-state index in [0.717, 1.165) is 5.56 Å². The summed E-state index contributed by atoms with van der Waals surface area (Å²) >= 11 is 0. The van der Waals surface area contributed by atoms with Gasteiger partial charge in [0.15, 0.2) is 6.61 Å². The molecule has 1 aliphatic rings. The fourth-order valence-electron chi connectivity index (χ4n) is 2.64. The monoisotopic (exact) mass is 328 g/mol. The number of fused-ring (bicyclic) bond motifs is 1. The maximum Gasteiger partial charge on any atom is 0.263 e. The molecule has 1 aromatic carbocycles. The first-order valence-electron chi connectivity index (χ1n) is 7.92. The van der Waals surface area contributed by atoms with E-state index in [2.05, 4.69) is 15.7 Å². The largest absolute Gasteiger partial charge is 0.482 e. The third kappa shape index (κ3) is 3.40. The second-order valence-electron chi connectivity index (χ2n) is 5.93. The summed E-state index contributed by atoms with van der Waals surface area (Å²) < 4.78 is 7.33. The van der Waals surface area contributed by atoms with Crippen molar-refractivity contribution in [3.05, 3.63) is 36.0 Å². The lowest BCUT2D eigenvalue weighted by molar-refractivity contribution is -0.118. The quantitative estimate of drug-likeness (QED) is 0.882. The summed E-state index contributed by atoms with van der Waals surface area (Å²) in [6.45, 7) is 3.83. The molecule has 0 bridgehead atoms. The highest BCUT2D eigenvalue weighted by Crippen LogP contribution is 2.32. The predicted octanol–water partition coefficient (Wildman–Crippen LogP) is 2.37. The lowest BCUT2D eigenvalue weighted by Gasteiger charge is -2.20. The van der Waals surface area contributed by atoms with E-state index in [1.54, 1.807) is 23.0 Å². The minimum Gasteiger partial charge on any atom is -0.482 e. The Labute approximate surface area is 140 Å². The third-order valence-corrected chi connectivity index (χ3v) is 3.78. The van der Waals surface area contributed by atoms with Gasteiger partial charge in [0, 0.05) is 18.5 Å². The van der Waals surface area contributed by atoms with Gasteiger partial charge < -0.3 is 15.4 Å². The van der Waals surface area contributed by atoms with Gasteiger partial charge in [-0.25, -0.2) is 4.68 Å². The molecule has 0 radical (unpaired) electrons. The second kappa shape index (κ2) is 6.74. The molecule has 1 aromatic heterocycles. The Bertz CT molecular complexity index is 767. The third-order valence-electron chi connectivity index (χ3n) is 3.78. The molecule has 0 saturated carbocycles. The van der Waals surface area contributed by atoms with Crippen LogP contribution >= 0.6 is 0 Å². The number of aryl methyl sites for hydroxylation is 1. The first-order chi connectivity index (χ1) is 11.5. The molecule has 2 heterocycles. The summed E-state index contributed by atoms with van der Waals surface area (Å²) in [7, 11) is 0. The first-order valence-corrected chi connectivity index (χ1v) is 7.92. The van der Waals surface area contributed by atoms with Crippen LogP contribution in [0.3, 0.4) is 0 Å². The summed E-state index contributed by atoms with van der Waals surface area (Å²) in [5, 5.41) is 9.76. The van der Waals surface area contributed by atoms with Gasteiger partial charge in [0.2, 0.25) is 5.91 Å². The Morgan fingerprint density at radius 2 is 2.21 bits per heavy atom. The van der Waals surface area contributed by atoms with Crippen LogP contribution in [0.1, 0.15) is 31.9 Å². The van der Waals surface area contributed by atoms with E-state index in [9.17, 15) is 9.59 Å². The Kier molecular flexibility index (Phi) is 4.50. The van der Waals surface area contributed by atoms with Gasteiger partial charge in [-0.1, -0.05) is 12.1 Å². The number of ether oxygens (including phenoxy) is 1. The average Bonchev–Trinajstić information content (AvgIpc) is 3.01. The molecule has 0 atom stereocenters. The summed E-state index contributed by atoms with van der Waals surface area (Å²) in [5.41, 5.74) is 1.68. The molecule has 2 aromatic rings. The predicted molar refractivity (Wildman–Crippen MR) is 90.1 cm³/mol. The van der Waals surface area contributed by atoms with Gasteiger partial charge in [-0.05, 0) is 31.9 Å². The van der Waals surface area contributed by atoms with E-state index < -0.39 is 0 Å². The summed E-state index contributed by atoms with van der Waals surface area (Å²) in [6, 6.07) is 7.44. The molecule has 0 saturated heterocycles. The number of hydrogen-bond acceptors (Lipinski definition) is 4. The van der Waals surface area contributed by atoms with Gasteiger partial charge >= 0.3 is 0 Å². The number of nitrogens with zero attached hydrogens (tertiary/aromatic N) is 2. The normalized spacial score (nSPS) is 13.4. The van der Waals surface area contributed by atoms with Crippen molar-refractivity contribution < 1.29 is 14.3 Å². The summed E-state index contributed by atoms with van der Waals surface area (Å²) in [5.74, 6) is 0.816. The van der Waals surface area contributed by atoms with Crippen LogP contribution in [0, 0.1) is 0 Å². The van der Waals surface area contributed by atoms with E-state index in [4.69, 9.17) is 4.74 Å². The highest BCUT2D eigenvalue weighted by molar-refractivity contribution is 5.96. The second-order valence-corrected chi connectivity index (χ2v) is 5.93. The maximum absolute atomic E-state index is 12.1. The number of hydrogen-bond donors (Lipinski definition) is 2. The fraction of sp³-hybridized carbons (Fsp3) is 0.353. The lowest BCUT2D eigenvalue weighted by atomic mass is 10.0. The fourth-order valence-corrected chi connectivity index (χ4v) is 2.64. The Morgan fingerprint density at radius 1 is 1.38 bits per heavy atom. The van der Waals surface area contributed by atoms with Gasteiger partial charge in [-0.2, -0.15) is 5.10 Å². The smallest absolute Gasteiger partial charge is 0.263 e. The molecule has 24 heavy (non-hydrogen) atoms. The van der Waals surface area contributed by atoms with Crippen molar-refractivity contribution in [2.45, 2.75) is 32.7 Å². The molecule has 2 N–H and O–H groups in total. The van der Waals surface area contributed by atoms with E-state index in [-0.39, 0.29) is 24.5 Å². The number of benzene rings is 1. The molecule has 3 rings (SSSR count). The molecule has 7 nitrogen and oxygen atoms in total. The number of carbonyl (C=O) groups is 2. The van der Waals surface area contributed by atoms with Crippen LogP contribution in [0.5, 0.6) is 5.75 Å². The van der Waals surface area contributed by atoms with Gasteiger partial charge in [0.25, 0.3) is 5.91 Å². The number of amides is 2. The van der Waals surface area contributed by atoms with Crippen LogP contribution in [-0.4, -0.2) is 28.2 Å². The van der Waals surface area contributed by atoms with Crippen molar-refractivity contribution in [2.24, 2.45) is 0 Å². The Balaban J connectivity index is 1.65. The van der Waals surface area contributed by atoms with Crippen LogP contribution < -0.4 is 15.4 Å². The molecular formula is C17H20N4O3. The number of carbonyl (C=O) groups excluding carboxylic acids is 2. The van der Waals surface area contributed by atoms with Crippen LogP contribution in [0.2, 0.25) is 0 Å². The molecule has 2 amide bonds. The van der Waals surface area contributed by atoms with Crippen molar-refractivity contribution in [3.8, 4) is 5.75 Å². The minimum absolute atomic E-state index is 0.0381. The van der Waals surface area contributed by atoms with Gasteiger partial charge in [0.1, 0.15) is 11.6 Å². The highest BCUT2D eigenvalue weighted by atomic mass is 16.5. The zero-order valence-electron chi connectivity index (χ0n) is 13.7. The lowest BCUT2D eigenvalue weighted by Crippen LogP contribution is -2.24. The van der Waals surface area contributed by atoms with Crippen molar-refractivity contribution in [1.29, 1.82) is 0 Å². The van der Waals surface area contributed by atoms with Gasteiger partial charge in [-0.15, -0.1) is 0 Å². The van der Waals surface area contributed by atoms with Gasteiger partial charge in [0.05, 0.1) is 11.9 Å². The average molecular weight is 328 g/mol. The van der Waals surface area contributed by atoms with Crippen molar-refractivity contribution >= 4 is 23.3 Å². The standard InChI is InChI=1S/C17H20N4O3/c1-11(2)21-14(8-9-18-21)19-16(23)10-24-13-5-3-4-12-6-7-15(22)20-17(12)13/h3-5,8-9,11H,6-7,10H2,1-2H3,(H,19,23)(H,20,22). The molecule has 126 valence electrons. The van der Waals surface area contributed by atoms with Crippen LogP contribution in [0.25, 0.3) is 0 Å². The minimum atomic E-state index is -0.280. The van der Waals surface area contributed by atoms with Crippen LogP contribution in [0.4, 0.5) is 11.5 Å². The van der Waals surface area contributed by atoms with Crippen molar-refractivity contribution in [3.63, 3.8) is 0 Å². The molecule has 0 unspecified atom stereocenters. The zero-order chi connectivity index (χ0) is 17.1. The first kappa shape index (κ1) is 16.0. The molecule has 1 aliphatic heterocycles. The molecule has 7 heteroatoms. The SMILES string of the molecule is CC(C)n1nccc1NC(=O)COc1cccc2c1NC(=O)CC2. The topological polar surface area (TPSA) is 85.2 Å². The van der Waals surface area contributed by atoms with E-state index in [0.29, 0.717) is 30.1 Å². The Hall–Kier alpha value is -2.83. The number of nitrogens with one attached hydrogen (secondary N) is 2. The van der Waals surface area contributed by atoms with Crippen LogP contribution in [0.15, 0.2) is 30.5 Å². The highest BCUT2D eigenvalue weighted by Gasteiger charge is 2.19.